The van der Waals surface area contributed by atoms with E-state index in [0.717, 1.165) is 4.31 Å². The van der Waals surface area contributed by atoms with Crippen molar-refractivity contribution >= 4 is 16.3 Å². The number of hydrogen-bond acceptors (Lipinski definition) is 5. The molecule has 0 aromatic carbocycles. The minimum Gasteiger partial charge on any atom is -0.449 e. The number of carbonyl (C=O) groups excluding carboxylic acids is 1. The largest absolute Gasteiger partial charge is 0.449 e. The van der Waals surface area contributed by atoms with Gasteiger partial charge in [0.1, 0.15) is 0 Å². The summed E-state index contributed by atoms with van der Waals surface area (Å²) in [6.07, 6.45) is -0.685. The van der Waals surface area contributed by atoms with E-state index in [1.165, 1.54) is 0 Å². The Balaban J connectivity index is 2.54. The van der Waals surface area contributed by atoms with E-state index in [4.69, 9.17) is 0 Å². The highest BCUT2D eigenvalue weighted by Gasteiger charge is 2.28. The van der Waals surface area contributed by atoms with Gasteiger partial charge >= 0.3 is 16.3 Å². The van der Waals surface area contributed by atoms with Crippen molar-refractivity contribution in [1.29, 1.82) is 0 Å². The van der Waals surface area contributed by atoms with Crippen molar-refractivity contribution in [2.75, 3.05) is 19.7 Å². The minimum atomic E-state index is -3.83. The molecule has 0 radical (unpaired) electrons. The molecule has 0 aromatic rings. The van der Waals surface area contributed by atoms with Crippen LogP contribution < -0.4 is 4.72 Å². The van der Waals surface area contributed by atoms with Crippen molar-refractivity contribution in [3.63, 3.8) is 0 Å². The molecule has 0 aromatic heterocycles. The number of nitrogens with zero attached hydrogens (tertiary/aromatic N) is 1. The number of aliphatic hydroxyl groups excluding tert-OH is 1. The summed E-state index contributed by atoms with van der Waals surface area (Å²) in [4.78, 5) is 11.0. The SMILES string of the molecule is CCOC(=O)NS(=O)(=O)N1CCC(O)CC1. The van der Waals surface area contributed by atoms with Crippen LogP contribution in [0.25, 0.3) is 0 Å². The number of amides is 1. The molecule has 1 aliphatic heterocycles. The number of hydrogen-bond donors (Lipinski definition) is 2. The van der Waals surface area contributed by atoms with Gasteiger partial charge in [-0.2, -0.15) is 12.7 Å². The lowest BCUT2D eigenvalue weighted by Gasteiger charge is -2.28. The topological polar surface area (TPSA) is 95.9 Å². The van der Waals surface area contributed by atoms with Gasteiger partial charge in [-0.3, -0.25) is 0 Å². The van der Waals surface area contributed by atoms with Crippen LogP contribution in [0.15, 0.2) is 0 Å². The molecule has 0 bridgehead atoms. The van der Waals surface area contributed by atoms with Gasteiger partial charge in [-0.25, -0.2) is 9.52 Å². The van der Waals surface area contributed by atoms with E-state index < -0.39 is 22.4 Å². The molecule has 16 heavy (non-hydrogen) atoms. The second-order valence-electron chi connectivity index (χ2n) is 3.46. The van der Waals surface area contributed by atoms with E-state index in [0.29, 0.717) is 12.8 Å². The molecule has 1 rings (SSSR count). The molecule has 1 fully saturated rings. The van der Waals surface area contributed by atoms with Crippen molar-refractivity contribution < 1.29 is 23.1 Å². The smallest absolute Gasteiger partial charge is 0.421 e. The molecule has 94 valence electrons. The van der Waals surface area contributed by atoms with Gasteiger partial charge in [0.15, 0.2) is 0 Å². The predicted molar refractivity (Wildman–Crippen MR) is 55.9 cm³/mol. The Morgan fingerprint density at radius 1 is 1.50 bits per heavy atom. The van der Waals surface area contributed by atoms with Gasteiger partial charge in [0.2, 0.25) is 0 Å². The highest BCUT2D eigenvalue weighted by atomic mass is 32.2. The number of aliphatic hydroxyl groups is 1. The first kappa shape index (κ1) is 13.2. The van der Waals surface area contributed by atoms with Crippen molar-refractivity contribution in [3.05, 3.63) is 0 Å². The Morgan fingerprint density at radius 3 is 2.56 bits per heavy atom. The average molecular weight is 252 g/mol. The lowest BCUT2D eigenvalue weighted by atomic mass is 10.1. The standard InChI is InChI=1S/C8H16N2O5S/c1-2-15-8(12)9-16(13,14)10-5-3-7(11)4-6-10/h7,11H,2-6H2,1H3,(H,9,12). The molecular weight excluding hydrogens is 236 g/mol. The maximum absolute atomic E-state index is 11.6. The minimum absolute atomic E-state index is 0.111. The van der Waals surface area contributed by atoms with E-state index in [-0.39, 0.29) is 19.7 Å². The maximum Gasteiger partial charge on any atom is 0.421 e. The Kier molecular flexibility index (Phi) is 4.51. The number of ether oxygens (including phenoxy) is 1. The van der Waals surface area contributed by atoms with Crippen molar-refractivity contribution in [1.82, 2.24) is 9.03 Å². The summed E-state index contributed by atoms with van der Waals surface area (Å²) in [5.41, 5.74) is 0. The average Bonchev–Trinajstić information content (AvgIpc) is 2.17. The van der Waals surface area contributed by atoms with Crippen LogP contribution in [-0.2, 0) is 14.9 Å². The van der Waals surface area contributed by atoms with Crippen LogP contribution in [0.1, 0.15) is 19.8 Å². The molecule has 1 heterocycles. The van der Waals surface area contributed by atoms with E-state index >= 15 is 0 Å². The van der Waals surface area contributed by atoms with E-state index in [1.54, 1.807) is 11.6 Å². The highest BCUT2D eigenvalue weighted by Crippen LogP contribution is 2.12. The molecule has 0 aliphatic carbocycles. The van der Waals surface area contributed by atoms with Gasteiger partial charge in [-0.1, -0.05) is 0 Å². The summed E-state index contributed by atoms with van der Waals surface area (Å²) in [5, 5.41) is 9.23. The molecule has 0 unspecified atom stereocenters. The third kappa shape index (κ3) is 3.62. The first-order valence-corrected chi connectivity index (χ1v) is 6.52. The zero-order chi connectivity index (χ0) is 12.2. The summed E-state index contributed by atoms with van der Waals surface area (Å²) in [6, 6.07) is 0. The van der Waals surface area contributed by atoms with Crippen LogP contribution in [-0.4, -0.2) is 49.7 Å². The molecule has 7 nitrogen and oxygen atoms in total. The van der Waals surface area contributed by atoms with Crippen molar-refractivity contribution in [2.24, 2.45) is 0 Å². The quantitative estimate of drug-likeness (QED) is 0.701. The normalized spacial score (nSPS) is 19.4. The van der Waals surface area contributed by atoms with Gasteiger partial charge in [0, 0.05) is 13.1 Å². The van der Waals surface area contributed by atoms with Gasteiger partial charge in [0.25, 0.3) is 0 Å². The summed E-state index contributed by atoms with van der Waals surface area (Å²) in [6.45, 7) is 2.11. The fourth-order valence-electron chi connectivity index (χ4n) is 1.41. The molecule has 2 N–H and O–H groups in total. The molecule has 0 atom stereocenters. The van der Waals surface area contributed by atoms with Gasteiger partial charge < -0.3 is 9.84 Å². The fourth-order valence-corrected chi connectivity index (χ4v) is 2.50. The first-order chi connectivity index (χ1) is 7.45. The van der Waals surface area contributed by atoms with Crippen LogP contribution in [0.3, 0.4) is 0 Å². The molecular formula is C8H16N2O5S. The molecule has 1 amide bonds. The van der Waals surface area contributed by atoms with E-state index in [2.05, 4.69) is 4.74 Å². The third-order valence-corrected chi connectivity index (χ3v) is 3.72. The summed E-state index contributed by atoms with van der Waals surface area (Å²) in [7, 11) is -3.83. The molecule has 8 heteroatoms. The Labute approximate surface area is 94.6 Å². The summed E-state index contributed by atoms with van der Waals surface area (Å²) in [5.74, 6) is 0. The van der Waals surface area contributed by atoms with Crippen LogP contribution in [0.4, 0.5) is 4.79 Å². The van der Waals surface area contributed by atoms with Crippen LogP contribution in [0, 0.1) is 0 Å². The Morgan fingerprint density at radius 2 is 2.06 bits per heavy atom. The van der Waals surface area contributed by atoms with Crippen LogP contribution in [0.5, 0.6) is 0 Å². The molecule has 0 saturated carbocycles. The molecule has 0 spiro atoms. The number of carbonyl (C=O) groups is 1. The lowest BCUT2D eigenvalue weighted by Crippen LogP contribution is -2.47. The van der Waals surface area contributed by atoms with Crippen LogP contribution >= 0.6 is 0 Å². The number of rotatable bonds is 3. The zero-order valence-electron chi connectivity index (χ0n) is 9.05. The second-order valence-corrected chi connectivity index (χ2v) is 5.13. The maximum atomic E-state index is 11.6. The van der Waals surface area contributed by atoms with Gasteiger partial charge in [-0.05, 0) is 19.8 Å². The zero-order valence-corrected chi connectivity index (χ0v) is 9.87. The van der Waals surface area contributed by atoms with Crippen LogP contribution in [0.2, 0.25) is 0 Å². The Bertz CT molecular complexity index is 334. The number of piperidine rings is 1. The van der Waals surface area contributed by atoms with E-state index in [9.17, 15) is 18.3 Å². The predicted octanol–water partition coefficient (Wildman–Crippen LogP) is -0.566. The Hall–Kier alpha value is -0.860. The van der Waals surface area contributed by atoms with Gasteiger partial charge in [0.05, 0.1) is 12.7 Å². The fraction of sp³-hybridized carbons (Fsp3) is 0.875. The lowest BCUT2D eigenvalue weighted by molar-refractivity contribution is 0.112. The summed E-state index contributed by atoms with van der Waals surface area (Å²) >= 11 is 0. The first-order valence-electron chi connectivity index (χ1n) is 5.08. The van der Waals surface area contributed by atoms with E-state index in [1.807, 2.05) is 0 Å². The highest BCUT2D eigenvalue weighted by molar-refractivity contribution is 7.87. The monoisotopic (exact) mass is 252 g/mol. The third-order valence-electron chi connectivity index (χ3n) is 2.25. The molecule has 1 saturated heterocycles. The van der Waals surface area contributed by atoms with Crippen molar-refractivity contribution in [2.45, 2.75) is 25.9 Å². The van der Waals surface area contributed by atoms with Gasteiger partial charge in [-0.15, -0.1) is 0 Å². The molecule has 1 aliphatic rings. The second kappa shape index (κ2) is 5.46. The van der Waals surface area contributed by atoms with Crippen molar-refractivity contribution in [3.8, 4) is 0 Å². The number of nitrogens with one attached hydrogen (secondary N) is 1. The summed E-state index contributed by atoms with van der Waals surface area (Å²) < 4.78 is 30.6.